The monoisotopic (exact) mass is 451 g/mol. The van der Waals surface area contributed by atoms with E-state index < -0.39 is 0 Å². The van der Waals surface area contributed by atoms with Gasteiger partial charge in [0.1, 0.15) is 5.76 Å². The van der Waals surface area contributed by atoms with Crippen LogP contribution < -0.4 is 25.7 Å². The van der Waals surface area contributed by atoms with E-state index in [1.165, 1.54) is 0 Å². The van der Waals surface area contributed by atoms with E-state index in [1.54, 1.807) is 32.4 Å². The maximum atomic E-state index is 12.4. The van der Waals surface area contributed by atoms with Gasteiger partial charge in [-0.1, -0.05) is 0 Å². The Hall–Kier alpha value is -1.87. The number of methoxy groups -OCH3 is 2. The number of nitrogens with one attached hydrogen (secondary N) is 2. The minimum atomic E-state index is -0.339. The Bertz CT molecular complexity index is 850. The molecule has 0 aliphatic carbocycles. The summed E-state index contributed by atoms with van der Waals surface area (Å²) in [5.41, 5.74) is 1.00. The molecule has 0 bridgehead atoms. The standard InChI is InChI=1S/C20H26BrN3O4/c1-26-18-11-15(16(21)12-19(18)27-2)17-4-3-14(20(25)28-17)13-23-7-10-24-8-5-22-6-9-24/h3-4,11-12,22-23H,5-10,13H2,1-2H3. The van der Waals surface area contributed by atoms with Gasteiger partial charge in [-0.2, -0.15) is 0 Å². The molecular weight excluding hydrogens is 426 g/mol. The van der Waals surface area contributed by atoms with E-state index in [-0.39, 0.29) is 5.63 Å². The van der Waals surface area contributed by atoms with Crippen LogP contribution >= 0.6 is 15.9 Å². The molecule has 0 amide bonds. The van der Waals surface area contributed by atoms with Gasteiger partial charge in [-0.25, -0.2) is 4.79 Å². The summed E-state index contributed by atoms with van der Waals surface area (Å²) in [7, 11) is 3.15. The molecule has 8 heteroatoms. The first-order chi connectivity index (χ1) is 13.6. The molecule has 28 heavy (non-hydrogen) atoms. The lowest BCUT2D eigenvalue weighted by molar-refractivity contribution is 0.241. The van der Waals surface area contributed by atoms with Crippen LogP contribution in [0, 0.1) is 0 Å². The summed E-state index contributed by atoms with van der Waals surface area (Å²) in [6.07, 6.45) is 0. The van der Waals surface area contributed by atoms with Crippen LogP contribution in [0.2, 0.25) is 0 Å². The molecule has 1 saturated heterocycles. The number of rotatable bonds is 8. The van der Waals surface area contributed by atoms with Crippen molar-refractivity contribution in [2.45, 2.75) is 6.54 Å². The van der Waals surface area contributed by atoms with Crippen molar-refractivity contribution in [1.29, 1.82) is 0 Å². The van der Waals surface area contributed by atoms with Crippen LogP contribution in [0.15, 0.2) is 37.9 Å². The zero-order valence-corrected chi connectivity index (χ0v) is 17.8. The second-order valence-corrected chi connectivity index (χ2v) is 7.42. The molecule has 0 unspecified atom stereocenters. The van der Waals surface area contributed by atoms with Crippen LogP contribution in [0.25, 0.3) is 11.3 Å². The van der Waals surface area contributed by atoms with Crippen molar-refractivity contribution in [3.63, 3.8) is 0 Å². The van der Waals surface area contributed by atoms with Gasteiger partial charge < -0.3 is 24.5 Å². The summed E-state index contributed by atoms with van der Waals surface area (Å²) in [6.45, 7) is 6.51. The lowest BCUT2D eigenvalue weighted by Crippen LogP contribution is -2.45. The zero-order chi connectivity index (χ0) is 19.9. The van der Waals surface area contributed by atoms with Crippen LogP contribution in [-0.2, 0) is 6.54 Å². The third-order valence-corrected chi connectivity index (χ3v) is 5.43. The molecule has 1 aromatic heterocycles. The molecule has 0 atom stereocenters. The first-order valence-electron chi connectivity index (χ1n) is 9.31. The van der Waals surface area contributed by atoms with Crippen molar-refractivity contribution in [3.05, 3.63) is 44.7 Å². The highest BCUT2D eigenvalue weighted by atomic mass is 79.9. The van der Waals surface area contributed by atoms with Crippen LogP contribution in [0.1, 0.15) is 5.56 Å². The lowest BCUT2D eigenvalue weighted by Gasteiger charge is -2.27. The smallest absolute Gasteiger partial charge is 0.340 e. The van der Waals surface area contributed by atoms with Crippen LogP contribution in [0.5, 0.6) is 11.5 Å². The van der Waals surface area contributed by atoms with E-state index in [2.05, 4.69) is 31.5 Å². The second-order valence-electron chi connectivity index (χ2n) is 6.57. The number of hydrogen-bond donors (Lipinski definition) is 2. The molecule has 1 aromatic carbocycles. The Balaban J connectivity index is 1.64. The third kappa shape index (κ3) is 5.14. The van der Waals surface area contributed by atoms with Crippen LogP contribution in [-0.4, -0.2) is 58.4 Å². The fourth-order valence-electron chi connectivity index (χ4n) is 3.16. The van der Waals surface area contributed by atoms with Gasteiger partial charge in [-0.15, -0.1) is 0 Å². The predicted molar refractivity (Wildman–Crippen MR) is 112 cm³/mol. The first kappa shape index (κ1) is 20.9. The summed E-state index contributed by atoms with van der Waals surface area (Å²) in [5.74, 6) is 1.65. The SMILES string of the molecule is COc1cc(Br)c(-c2ccc(CNCCN3CCNCC3)c(=O)o2)cc1OC. The molecule has 1 aliphatic heterocycles. The van der Waals surface area contributed by atoms with E-state index in [4.69, 9.17) is 13.9 Å². The minimum Gasteiger partial charge on any atom is -0.493 e. The summed E-state index contributed by atoms with van der Waals surface area (Å²) in [4.78, 5) is 14.8. The molecule has 0 radical (unpaired) electrons. The van der Waals surface area contributed by atoms with Crippen molar-refractivity contribution in [3.8, 4) is 22.8 Å². The summed E-state index contributed by atoms with van der Waals surface area (Å²) in [5, 5.41) is 6.67. The Labute approximate surface area is 173 Å². The number of piperazine rings is 1. The largest absolute Gasteiger partial charge is 0.493 e. The molecule has 2 aromatic rings. The van der Waals surface area contributed by atoms with Crippen LogP contribution in [0.3, 0.4) is 0 Å². The topological polar surface area (TPSA) is 76.0 Å². The molecule has 2 N–H and O–H groups in total. The van der Waals surface area contributed by atoms with Gasteiger partial charge in [0.15, 0.2) is 11.5 Å². The molecule has 0 spiro atoms. The molecule has 7 nitrogen and oxygen atoms in total. The summed E-state index contributed by atoms with van der Waals surface area (Å²) < 4.78 is 16.9. The van der Waals surface area contributed by atoms with Gasteiger partial charge in [-0.3, -0.25) is 4.90 Å². The lowest BCUT2D eigenvalue weighted by atomic mass is 10.1. The second kappa shape index (κ2) is 10.1. The van der Waals surface area contributed by atoms with E-state index in [0.717, 1.165) is 49.3 Å². The van der Waals surface area contributed by atoms with Gasteiger partial charge in [0.25, 0.3) is 0 Å². The van der Waals surface area contributed by atoms with Crippen molar-refractivity contribution in [2.75, 3.05) is 53.5 Å². The minimum absolute atomic E-state index is 0.339. The molecule has 1 aliphatic rings. The number of nitrogens with zero attached hydrogens (tertiary/aromatic N) is 1. The Morgan fingerprint density at radius 3 is 2.57 bits per heavy atom. The van der Waals surface area contributed by atoms with Gasteiger partial charge in [0, 0.05) is 55.8 Å². The third-order valence-electron chi connectivity index (χ3n) is 4.77. The Kier molecular flexibility index (Phi) is 7.50. The highest BCUT2D eigenvalue weighted by molar-refractivity contribution is 9.10. The molecular formula is C20H26BrN3O4. The highest BCUT2D eigenvalue weighted by Crippen LogP contribution is 2.38. The molecule has 3 rings (SSSR count). The van der Waals surface area contributed by atoms with E-state index >= 15 is 0 Å². The number of benzene rings is 1. The molecule has 0 saturated carbocycles. The van der Waals surface area contributed by atoms with Crippen LogP contribution in [0.4, 0.5) is 0 Å². The van der Waals surface area contributed by atoms with Crippen molar-refractivity contribution in [1.82, 2.24) is 15.5 Å². The van der Waals surface area contributed by atoms with Crippen molar-refractivity contribution >= 4 is 15.9 Å². The molecule has 2 heterocycles. The highest BCUT2D eigenvalue weighted by Gasteiger charge is 2.14. The number of halogens is 1. The average molecular weight is 452 g/mol. The van der Waals surface area contributed by atoms with E-state index in [0.29, 0.717) is 29.4 Å². The maximum absolute atomic E-state index is 12.4. The van der Waals surface area contributed by atoms with Crippen molar-refractivity contribution in [2.24, 2.45) is 0 Å². The summed E-state index contributed by atoms with van der Waals surface area (Å²) in [6, 6.07) is 7.19. The van der Waals surface area contributed by atoms with E-state index in [1.807, 2.05) is 6.07 Å². The molecule has 1 fully saturated rings. The van der Waals surface area contributed by atoms with Gasteiger partial charge in [0.2, 0.25) is 0 Å². The summed E-state index contributed by atoms with van der Waals surface area (Å²) >= 11 is 3.50. The Morgan fingerprint density at radius 1 is 1.18 bits per heavy atom. The van der Waals surface area contributed by atoms with Crippen molar-refractivity contribution < 1.29 is 13.9 Å². The predicted octanol–water partition coefficient (Wildman–Crippen LogP) is 2.08. The van der Waals surface area contributed by atoms with E-state index in [9.17, 15) is 4.79 Å². The molecule has 152 valence electrons. The first-order valence-corrected chi connectivity index (χ1v) is 10.1. The zero-order valence-electron chi connectivity index (χ0n) is 16.2. The maximum Gasteiger partial charge on any atom is 0.340 e. The van der Waals surface area contributed by atoms with Gasteiger partial charge in [-0.05, 0) is 40.2 Å². The fraction of sp³-hybridized carbons (Fsp3) is 0.450. The van der Waals surface area contributed by atoms with Gasteiger partial charge >= 0.3 is 5.63 Å². The van der Waals surface area contributed by atoms with Gasteiger partial charge in [0.05, 0.1) is 19.8 Å². The number of hydrogen-bond acceptors (Lipinski definition) is 7. The average Bonchev–Trinajstić information content (AvgIpc) is 2.72. The fourth-order valence-corrected chi connectivity index (χ4v) is 3.68. The number of ether oxygens (including phenoxy) is 2. The Morgan fingerprint density at radius 2 is 1.89 bits per heavy atom. The quantitative estimate of drug-likeness (QED) is 0.594. The normalized spacial score (nSPS) is 14.8.